The Hall–Kier alpha value is -1.62. The Morgan fingerprint density at radius 3 is 2.58 bits per heavy atom. The Bertz CT molecular complexity index is 660. The molecule has 0 saturated heterocycles. The number of nitrogens with zero attached hydrogens (tertiary/aromatic N) is 2. The van der Waals surface area contributed by atoms with Gasteiger partial charge in [0, 0.05) is 5.92 Å². The van der Waals surface area contributed by atoms with Crippen molar-refractivity contribution >= 4 is 15.9 Å². The fraction of sp³-hybridized carbons (Fsp3) is 0.286. The predicted octanol–water partition coefficient (Wildman–Crippen LogP) is 2.88. The topological polar surface area (TPSA) is 44.1 Å². The van der Waals surface area contributed by atoms with Gasteiger partial charge in [-0.1, -0.05) is 0 Å². The van der Waals surface area contributed by atoms with Gasteiger partial charge in [0.15, 0.2) is 0 Å². The van der Waals surface area contributed by atoms with Gasteiger partial charge < -0.3 is 4.74 Å². The van der Waals surface area contributed by atoms with E-state index in [1.165, 1.54) is 4.57 Å². The molecule has 1 saturated carbocycles. The molecule has 0 bridgehead atoms. The van der Waals surface area contributed by atoms with Crippen LogP contribution in [0.1, 0.15) is 24.5 Å². The second kappa shape index (κ2) is 4.81. The van der Waals surface area contributed by atoms with Crippen LogP contribution in [0.25, 0.3) is 5.69 Å². The Morgan fingerprint density at radius 2 is 2.00 bits per heavy atom. The number of aromatic nitrogens is 2. The second-order valence-corrected chi connectivity index (χ2v) is 5.38. The Kier molecular flexibility index (Phi) is 3.14. The van der Waals surface area contributed by atoms with Crippen LogP contribution in [0.5, 0.6) is 5.75 Å². The lowest BCUT2D eigenvalue weighted by atomic mass is 10.2. The van der Waals surface area contributed by atoms with E-state index in [4.69, 9.17) is 4.74 Å². The molecule has 19 heavy (non-hydrogen) atoms. The van der Waals surface area contributed by atoms with Gasteiger partial charge in [-0.25, -0.2) is 4.98 Å². The van der Waals surface area contributed by atoms with Crippen LogP contribution in [0.15, 0.2) is 39.9 Å². The first-order chi connectivity index (χ1) is 9.20. The molecule has 0 aliphatic heterocycles. The fourth-order valence-electron chi connectivity index (χ4n) is 2.01. The van der Waals surface area contributed by atoms with Crippen LogP contribution in [0.3, 0.4) is 0 Å². The van der Waals surface area contributed by atoms with Crippen LogP contribution < -0.4 is 10.3 Å². The van der Waals surface area contributed by atoms with Gasteiger partial charge in [-0.2, -0.15) is 0 Å². The molecule has 1 aliphatic carbocycles. The van der Waals surface area contributed by atoms with Crippen molar-refractivity contribution in [1.29, 1.82) is 0 Å². The van der Waals surface area contributed by atoms with Crippen molar-refractivity contribution in [3.8, 4) is 11.4 Å². The predicted molar refractivity (Wildman–Crippen MR) is 76.1 cm³/mol. The van der Waals surface area contributed by atoms with Crippen LogP contribution in [0.4, 0.5) is 0 Å². The van der Waals surface area contributed by atoms with E-state index in [1.54, 1.807) is 13.4 Å². The molecule has 3 rings (SSSR count). The molecule has 1 aromatic carbocycles. The highest BCUT2D eigenvalue weighted by Gasteiger charge is 2.28. The molecule has 1 heterocycles. The number of ether oxygens (including phenoxy) is 1. The second-order valence-electron chi connectivity index (χ2n) is 4.59. The lowest BCUT2D eigenvalue weighted by Crippen LogP contribution is -2.21. The van der Waals surface area contributed by atoms with Gasteiger partial charge >= 0.3 is 0 Å². The molecule has 0 atom stereocenters. The number of benzene rings is 1. The number of rotatable bonds is 3. The van der Waals surface area contributed by atoms with Crippen molar-refractivity contribution in [1.82, 2.24) is 9.55 Å². The third-order valence-corrected chi connectivity index (χ3v) is 4.00. The first-order valence-electron chi connectivity index (χ1n) is 6.12. The summed E-state index contributed by atoms with van der Waals surface area (Å²) in [6.45, 7) is 0. The van der Waals surface area contributed by atoms with Crippen LogP contribution in [0, 0.1) is 0 Å². The van der Waals surface area contributed by atoms with Crippen molar-refractivity contribution in [3.05, 3.63) is 51.1 Å². The van der Waals surface area contributed by atoms with Crippen molar-refractivity contribution in [3.63, 3.8) is 0 Å². The molecular weight excluding hydrogens is 308 g/mol. The molecule has 0 amide bonds. The molecule has 0 N–H and O–H groups in total. The lowest BCUT2D eigenvalue weighted by Gasteiger charge is -2.09. The van der Waals surface area contributed by atoms with Crippen LogP contribution >= 0.6 is 15.9 Å². The minimum atomic E-state index is -0.0675. The van der Waals surface area contributed by atoms with E-state index in [-0.39, 0.29) is 5.56 Å². The summed E-state index contributed by atoms with van der Waals surface area (Å²) in [7, 11) is 1.61. The van der Waals surface area contributed by atoms with Gasteiger partial charge in [-0.05, 0) is 53.0 Å². The molecule has 0 unspecified atom stereocenters. The van der Waals surface area contributed by atoms with Crippen molar-refractivity contribution in [2.24, 2.45) is 0 Å². The minimum absolute atomic E-state index is 0.0675. The third kappa shape index (κ3) is 2.30. The summed E-state index contributed by atoms with van der Waals surface area (Å²) >= 11 is 3.38. The van der Waals surface area contributed by atoms with Gasteiger partial charge in [-0.15, -0.1) is 0 Å². The number of hydrogen-bond donors (Lipinski definition) is 0. The molecule has 4 nitrogen and oxygen atoms in total. The smallest absolute Gasteiger partial charge is 0.272 e. The molecule has 0 radical (unpaired) electrons. The number of hydrogen-bond acceptors (Lipinski definition) is 3. The summed E-state index contributed by atoms with van der Waals surface area (Å²) in [5, 5.41) is 0. The highest BCUT2D eigenvalue weighted by Crippen LogP contribution is 2.41. The van der Waals surface area contributed by atoms with Gasteiger partial charge in [0.1, 0.15) is 16.5 Å². The van der Waals surface area contributed by atoms with E-state index >= 15 is 0 Å². The summed E-state index contributed by atoms with van der Waals surface area (Å²) in [4.78, 5) is 16.7. The molecular formula is C14H13BrN2O2. The third-order valence-electron chi connectivity index (χ3n) is 3.26. The van der Waals surface area contributed by atoms with Gasteiger partial charge in [-0.3, -0.25) is 9.36 Å². The monoisotopic (exact) mass is 320 g/mol. The van der Waals surface area contributed by atoms with Gasteiger partial charge in [0.2, 0.25) is 0 Å². The first-order valence-corrected chi connectivity index (χ1v) is 6.91. The van der Waals surface area contributed by atoms with E-state index in [0.717, 1.165) is 30.0 Å². The highest BCUT2D eigenvalue weighted by molar-refractivity contribution is 9.10. The number of methoxy groups -OCH3 is 1. The van der Waals surface area contributed by atoms with E-state index in [0.29, 0.717) is 10.4 Å². The highest BCUT2D eigenvalue weighted by atomic mass is 79.9. The standard InChI is InChI=1S/C14H13BrN2O2/c1-19-11-6-4-10(5-7-11)17-8-16-13(9-2-3-9)12(15)14(17)18/h4-9H,2-3H2,1H3. The summed E-state index contributed by atoms with van der Waals surface area (Å²) in [5.41, 5.74) is 1.60. The van der Waals surface area contributed by atoms with Crippen molar-refractivity contribution in [2.45, 2.75) is 18.8 Å². The zero-order chi connectivity index (χ0) is 13.4. The molecule has 5 heteroatoms. The Labute approximate surface area is 119 Å². The average molecular weight is 321 g/mol. The Balaban J connectivity index is 2.04. The summed E-state index contributed by atoms with van der Waals surface area (Å²) < 4.78 is 7.22. The largest absolute Gasteiger partial charge is 0.497 e. The summed E-state index contributed by atoms with van der Waals surface area (Å²) in [6.07, 6.45) is 3.84. The lowest BCUT2D eigenvalue weighted by molar-refractivity contribution is 0.414. The zero-order valence-electron chi connectivity index (χ0n) is 10.5. The van der Waals surface area contributed by atoms with Crippen LogP contribution in [-0.2, 0) is 0 Å². The van der Waals surface area contributed by atoms with E-state index < -0.39 is 0 Å². The summed E-state index contributed by atoms with van der Waals surface area (Å²) in [6, 6.07) is 7.32. The molecule has 1 fully saturated rings. The molecule has 98 valence electrons. The first kappa shape index (κ1) is 12.4. The summed E-state index contributed by atoms with van der Waals surface area (Å²) in [5.74, 6) is 1.21. The van der Waals surface area contributed by atoms with Crippen LogP contribution in [0.2, 0.25) is 0 Å². The fourth-order valence-corrected chi connectivity index (χ4v) is 2.63. The molecule has 0 spiro atoms. The van der Waals surface area contributed by atoms with Gasteiger partial charge in [0.25, 0.3) is 5.56 Å². The number of halogens is 1. The van der Waals surface area contributed by atoms with Crippen molar-refractivity contribution < 1.29 is 4.74 Å². The molecule has 1 aromatic heterocycles. The average Bonchev–Trinajstić information content (AvgIpc) is 3.26. The molecule has 2 aromatic rings. The van der Waals surface area contributed by atoms with E-state index in [2.05, 4.69) is 20.9 Å². The van der Waals surface area contributed by atoms with E-state index in [1.807, 2.05) is 24.3 Å². The van der Waals surface area contributed by atoms with Crippen LogP contribution in [-0.4, -0.2) is 16.7 Å². The zero-order valence-corrected chi connectivity index (χ0v) is 12.1. The Morgan fingerprint density at radius 1 is 1.32 bits per heavy atom. The quantitative estimate of drug-likeness (QED) is 0.873. The molecule has 1 aliphatic rings. The van der Waals surface area contributed by atoms with Crippen molar-refractivity contribution in [2.75, 3.05) is 7.11 Å². The van der Waals surface area contributed by atoms with E-state index in [9.17, 15) is 4.79 Å². The normalized spacial score (nSPS) is 14.4. The maximum Gasteiger partial charge on any atom is 0.272 e. The maximum absolute atomic E-state index is 12.3. The minimum Gasteiger partial charge on any atom is -0.497 e. The maximum atomic E-state index is 12.3. The van der Waals surface area contributed by atoms with Gasteiger partial charge in [0.05, 0.1) is 18.5 Å². The SMILES string of the molecule is COc1ccc(-n2cnc(C3CC3)c(Br)c2=O)cc1.